The van der Waals surface area contributed by atoms with E-state index in [1.54, 1.807) is 19.3 Å². The molecule has 8 heteroatoms. The first-order valence-electron chi connectivity index (χ1n) is 9.74. The fourth-order valence-corrected chi connectivity index (χ4v) is 4.14. The average Bonchev–Trinajstić information content (AvgIpc) is 2.95. The van der Waals surface area contributed by atoms with Crippen LogP contribution in [0.4, 0.5) is 0 Å². The van der Waals surface area contributed by atoms with Crippen LogP contribution in [0.1, 0.15) is 51.0 Å². The summed E-state index contributed by atoms with van der Waals surface area (Å²) in [4.78, 5) is 24.7. The first kappa shape index (κ1) is 23.2. The van der Waals surface area contributed by atoms with Gasteiger partial charge in [0, 0.05) is 0 Å². The average molecular weight is 438 g/mol. The summed E-state index contributed by atoms with van der Waals surface area (Å²) >= 11 is 6.21. The van der Waals surface area contributed by atoms with Gasteiger partial charge in [-0.2, -0.15) is 0 Å². The zero-order valence-corrected chi connectivity index (χ0v) is 18.4. The molecule has 1 aromatic carbocycles. The molecule has 1 aliphatic rings. The van der Waals surface area contributed by atoms with E-state index in [0.29, 0.717) is 23.0 Å². The number of amides is 1. The van der Waals surface area contributed by atoms with Crippen LogP contribution in [0.15, 0.2) is 23.1 Å². The summed E-state index contributed by atoms with van der Waals surface area (Å²) in [6, 6.07) is 5.45. The van der Waals surface area contributed by atoms with Crippen LogP contribution in [0.3, 0.4) is 0 Å². The second kappa shape index (κ2) is 11.8. The predicted molar refractivity (Wildman–Crippen MR) is 119 cm³/mol. The van der Waals surface area contributed by atoms with E-state index in [1.807, 2.05) is 12.1 Å². The lowest BCUT2D eigenvalue weighted by molar-refractivity contribution is -0.140. The number of benzene rings is 1. The molecule has 0 bridgehead atoms. The number of nitrogens with zero attached hydrogens (tertiary/aromatic N) is 1. The van der Waals surface area contributed by atoms with E-state index in [2.05, 4.69) is 6.92 Å². The summed E-state index contributed by atoms with van der Waals surface area (Å²) in [6.45, 7) is 2.41. The Bertz CT molecular complexity index is 778. The fourth-order valence-electron chi connectivity index (χ4n) is 2.88. The van der Waals surface area contributed by atoms with Crippen LogP contribution in [-0.4, -0.2) is 46.5 Å². The van der Waals surface area contributed by atoms with Gasteiger partial charge < -0.3 is 14.6 Å². The molecule has 6 nitrogen and oxygen atoms in total. The van der Waals surface area contributed by atoms with Crippen molar-refractivity contribution in [2.45, 2.75) is 45.4 Å². The van der Waals surface area contributed by atoms with Gasteiger partial charge in [0.25, 0.3) is 5.91 Å². The maximum absolute atomic E-state index is 12.4. The van der Waals surface area contributed by atoms with Crippen molar-refractivity contribution in [2.24, 2.45) is 0 Å². The van der Waals surface area contributed by atoms with Crippen LogP contribution < -0.4 is 9.47 Å². The maximum atomic E-state index is 12.4. The molecule has 1 aromatic rings. The van der Waals surface area contributed by atoms with E-state index >= 15 is 0 Å². The molecular formula is C21H27NO5S2. The number of methoxy groups -OCH3 is 1. The SMILES string of the molecule is CCCCCCCCOc1ccc(C=C2SC(=S)N(CC(=O)O)C2=O)cc1OC. The molecule has 2 rings (SSSR count). The van der Waals surface area contributed by atoms with Gasteiger partial charge in [-0.05, 0) is 30.2 Å². The van der Waals surface area contributed by atoms with Crippen LogP contribution in [0.5, 0.6) is 11.5 Å². The van der Waals surface area contributed by atoms with Gasteiger partial charge >= 0.3 is 5.97 Å². The molecule has 0 saturated carbocycles. The first-order chi connectivity index (χ1) is 14.0. The molecule has 1 N–H and O–H groups in total. The number of hydrogen-bond donors (Lipinski definition) is 1. The van der Waals surface area contributed by atoms with E-state index < -0.39 is 18.4 Å². The molecule has 0 aliphatic carbocycles. The summed E-state index contributed by atoms with van der Waals surface area (Å²) in [7, 11) is 1.57. The van der Waals surface area contributed by atoms with Gasteiger partial charge in [-0.1, -0.05) is 69.1 Å². The van der Waals surface area contributed by atoms with Crippen molar-refractivity contribution in [3.05, 3.63) is 28.7 Å². The number of carbonyl (C=O) groups is 2. The molecule has 1 heterocycles. The van der Waals surface area contributed by atoms with Gasteiger partial charge in [-0.15, -0.1) is 0 Å². The molecule has 1 aliphatic heterocycles. The number of aliphatic carboxylic acids is 1. The molecule has 29 heavy (non-hydrogen) atoms. The minimum atomic E-state index is -1.10. The topological polar surface area (TPSA) is 76.1 Å². The number of hydrogen-bond acceptors (Lipinski definition) is 6. The van der Waals surface area contributed by atoms with E-state index in [9.17, 15) is 9.59 Å². The highest BCUT2D eigenvalue weighted by atomic mass is 32.2. The van der Waals surface area contributed by atoms with Crippen LogP contribution in [0.2, 0.25) is 0 Å². The molecule has 1 fully saturated rings. The van der Waals surface area contributed by atoms with Crippen molar-refractivity contribution in [3.63, 3.8) is 0 Å². The maximum Gasteiger partial charge on any atom is 0.323 e. The minimum absolute atomic E-state index is 0.245. The highest BCUT2D eigenvalue weighted by Gasteiger charge is 2.33. The zero-order chi connectivity index (χ0) is 21.2. The Morgan fingerprint density at radius 2 is 1.93 bits per heavy atom. The lowest BCUT2D eigenvalue weighted by Crippen LogP contribution is -2.33. The Morgan fingerprint density at radius 1 is 1.21 bits per heavy atom. The zero-order valence-electron chi connectivity index (χ0n) is 16.8. The van der Waals surface area contributed by atoms with Gasteiger partial charge in [0.1, 0.15) is 10.9 Å². The third kappa shape index (κ3) is 7.04. The minimum Gasteiger partial charge on any atom is -0.493 e. The predicted octanol–water partition coefficient (Wildman–Crippen LogP) is 4.72. The number of thiocarbonyl (C=S) groups is 1. The Balaban J connectivity index is 1.97. The number of carbonyl (C=O) groups excluding carboxylic acids is 1. The van der Waals surface area contributed by atoms with Crippen molar-refractivity contribution < 1.29 is 24.2 Å². The number of rotatable bonds is 12. The van der Waals surface area contributed by atoms with E-state index in [0.717, 1.165) is 35.1 Å². The van der Waals surface area contributed by atoms with E-state index in [4.69, 9.17) is 26.8 Å². The van der Waals surface area contributed by atoms with Crippen molar-refractivity contribution in [1.29, 1.82) is 0 Å². The molecule has 0 radical (unpaired) electrons. The first-order valence-corrected chi connectivity index (χ1v) is 11.0. The molecule has 1 amide bonds. The highest BCUT2D eigenvalue weighted by Crippen LogP contribution is 2.34. The smallest absolute Gasteiger partial charge is 0.323 e. The number of carboxylic acids is 1. The molecule has 1 saturated heterocycles. The van der Waals surface area contributed by atoms with Crippen molar-refractivity contribution >= 4 is 46.3 Å². The normalized spacial score (nSPS) is 15.2. The lowest BCUT2D eigenvalue weighted by Gasteiger charge is -2.12. The Kier molecular flexibility index (Phi) is 9.47. The van der Waals surface area contributed by atoms with Gasteiger partial charge in [-0.3, -0.25) is 14.5 Å². The summed E-state index contributed by atoms with van der Waals surface area (Å²) in [5.74, 6) is -0.247. The quantitative estimate of drug-likeness (QED) is 0.288. The van der Waals surface area contributed by atoms with E-state index in [-0.39, 0.29) is 4.32 Å². The molecular weight excluding hydrogens is 410 g/mol. The highest BCUT2D eigenvalue weighted by molar-refractivity contribution is 8.26. The van der Waals surface area contributed by atoms with Gasteiger partial charge in [0.15, 0.2) is 11.5 Å². The Labute approximate surface area is 181 Å². The Morgan fingerprint density at radius 3 is 2.62 bits per heavy atom. The number of thioether (sulfide) groups is 1. The lowest BCUT2D eigenvalue weighted by atomic mass is 10.1. The molecule has 0 atom stereocenters. The molecule has 0 unspecified atom stereocenters. The van der Waals surface area contributed by atoms with Gasteiger partial charge in [0.2, 0.25) is 0 Å². The Hall–Kier alpha value is -2.06. The second-order valence-corrected chi connectivity index (χ2v) is 8.36. The third-order valence-corrected chi connectivity index (χ3v) is 5.79. The van der Waals surface area contributed by atoms with Crippen LogP contribution in [0, 0.1) is 0 Å². The number of ether oxygens (including phenoxy) is 2. The molecule has 0 spiro atoms. The van der Waals surface area contributed by atoms with Crippen molar-refractivity contribution in [2.75, 3.05) is 20.3 Å². The summed E-state index contributed by atoms with van der Waals surface area (Å²) in [5.41, 5.74) is 0.754. The molecule has 158 valence electrons. The number of carboxylic acid groups (broad SMARTS) is 1. The van der Waals surface area contributed by atoms with Crippen molar-refractivity contribution in [3.8, 4) is 11.5 Å². The van der Waals surface area contributed by atoms with Gasteiger partial charge in [0.05, 0.1) is 18.6 Å². The van der Waals surface area contributed by atoms with Crippen molar-refractivity contribution in [1.82, 2.24) is 4.90 Å². The molecule has 0 aromatic heterocycles. The monoisotopic (exact) mass is 437 g/mol. The van der Waals surface area contributed by atoms with Crippen LogP contribution >= 0.6 is 24.0 Å². The van der Waals surface area contributed by atoms with Gasteiger partial charge in [-0.25, -0.2) is 0 Å². The second-order valence-electron chi connectivity index (χ2n) is 6.69. The van der Waals surface area contributed by atoms with E-state index in [1.165, 1.54) is 25.7 Å². The largest absolute Gasteiger partial charge is 0.493 e. The van der Waals surface area contributed by atoms with Crippen LogP contribution in [-0.2, 0) is 9.59 Å². The summed E-state index contributed by atoms with van der Waals surface area (Å²) in [6.07, 6.45) is 8.86. The number of unbranched alkanes of at least 4 members (excludes halogenated alkanes) is 5. The third-order valence-electron chi connectivity index (χ3n) is 4.41. The van der Waals surface area contributed by atoms with Crippen LogP contribution in [0.25, 0.3) is 6.08 Å². The summed E-state index contributed by atoms with van der Waals surface area (Å²) < 4.78 is 11.5. The standard InChI is InChI=1S/C21H27NO5S2/c1-3-4-5-6-7-8-11-27-16-10-9-15(12-17(16)26-2)13-18-20(25)22(14-19(23)24)21(28)29-18/h9-10,12-13H,3-8,11,14H2,1-2H3,(H,23,24). The summed E-state index contributed by atoms with van der Waals surface area (Å²) in [5, 5.41) is 8.91. The fraction of sp³-hybridized carbons (Fsp3) is 0.476.